The molecule has 3 aliphatic carbocycles. The highest BCUT2D eigenvalue weighted by Crippen LogP contribution is 2.72. The molecule has 11 atom stereocenters. The van der Waals surface area contributed by atoms with Gasteiger partial charge in [0, 0.05) is 61.6 Å². The molecule has 4 fully saturated rings. The Labute approximate surface area is 733 Å². The van der Waals surface area contributed by atoms with Crippen LogP contribution in [0, 0.1) is 73.1 Å². The molecule has 5 aliphatic heterocycles. The standard InChI is InChI=1S/C37H35N3O2.C34H38N2O6.C34H37NO5.CH4/c1-5-20-38-36-31-25(4)21-24(3)22-29(31)42-37(36,28-18-16-23(2)17-19-28)32(26-12-8-6-9-13-26)30-33(36)39-34(40-35(30)41)27-14-10-7-11-15-27;1-22-20-23(2)29-27(21-22)42-34(25-10-12-26(39-3)13-11-25)30(24-8-6-5-7-9-24)28(32(38)40-4)31(37)33(29,34)35-14-15-36-16-18-41-19-17-36;1-21-10-12-26(13-11-21)34-30(25-8-6-5-7-9-25)28(32(37)38-4)31(36)33(34,35-20-24-14-16-39-17-15-24)29-23(3)18-22(2)19-27(29)40-34;/h6-19,21-22,32,38H,5,20H2,1-4H3,(H,39,40,41);5-13,20-21,28,30,35H,14-19H2,1-4H3;5-13,18-19,24,28,30,35H,14-17,20H2,1-4H3;1H4/t32-,36+,37+;2*28-,30-,33+,34+;/m111./s1. The van der Waals surface area contributed by atoms with Crippen LogP contribution in [-0.2, 0) is 71.5 Å². The third kappa shape index (κ3) is 14.0. The molecule has 646 valence electrons. The predicted molar refractivity (Wildman–Crippen MR) is 484 cm³/mol. The predicted octanol–water partition coefficient (Wildman–Crippen LogP) is 16.8. The number of hydrogen-bond donors (Lipinski definition) is 4. The van der Waals surface area contributed by atoms with Gasteiger partial charge in [-0.2, -0.15) is 0 Å². The van der Waals surface area contributed by atoms with E-state index < -0.39 is 74.9 Å². The topological polar surface area (TPSA) is 227 Å². The zero-order valence-electron chi connectivity index (χ0n) is 72.8. The molecule has 8 aliphatic rings. The third-order valence-corrected chi connectivity index (χ3v) is 27.2. The molecular weight excluding hydrogens is 1570 g/mol. The maximum Gasteiger partial charge on any atom is 0.317 e. The summed E-state index contributed by atoms with van der Waals surface area (Å²) >= 11 is 0. The lowest BCUT2D eigenvalue weighted by Gasteiger charge is -2.44. The molecule has 0 radical (unpaired) electrons. The van der Waals surface area contributed by atoms with E-state index in [0.717, 1.165) is 151 Å². The first kappa shape index (κ1) is 86.8. The number of carbonyl (C=O) groups is 4. The number of esters is 2. The van der Waals surface area contributed by atoms with Gasteiger partial charge < -0.3 is 42.9 Å². The van der Waals surface area contributed by atoms with E-state index in [4.69, 9.17) is 42.9 Å². The van der Waals surface area contributed by atoms with Crippen LogP contribution < -0.4 is 40.5 Å². The fourth-order valence-corrected chi connectivity index (χ4v) is 22.2. The molecule has 6 heterocycles. The van der Waals surface area contributed by atoms with E-state index in [0.29, 0.717) is 74.1 Å². The second-order valence-corrected chi connectivity index (χ2v) is 34.7. The summed E-state index contributed by atoms with van der Waals surface area (Å²) in [6.45, 7) is 25.7. The lowest BCUT2D eigenvalue weighted by molar-refractivity contribution is -0.151. The second-order valence-electron chi connectivity index (χ2n) is 34.7. The van der Waals surface area contributed by atoms with Crippen LogP contribution in [-0.4, -0.2) is 125 Å². The Morgan fingerprint density at radius 1 is 0.472 bits per heavy atom. The van der Waals surface area contributed by atoms with Gasteiger partial charge >= 0.3 is 11.9 Å². The van der Waals surface area contributed by atoms with Gasteiger partial charge in [0.05, 0.1) is 63.6 Å². The summed E-state index contributed by atoms with van der Waals surface area (Å²) in [5.74, 6) is -1.64. The minimum atomic E-state index is -1.36. The lowest BCUT2D eigenvalue weighted by atomic mass is 9.67. The van der Waals surface area contributed by atoms with Crippen molar-refractivity contribution in [2.75, 3.05) is 87.0 Å². The number of Topliss-reactive ketones (excluding diaryl/α,β-unsaturated/α-hetero) is 2. The van der Waals surface area contributed by atoms with Gasteiger partial charge in [0.2, 0.25) is 0 Å². The third-order valence-electron chi connectivity index (χ3n) is 27.2. The maximum atomic E-state index is 15.2. The second kappa shape index (κ2) is 35.0. The average molecular weight is 1680 g/mol. The van der Waals surface area contributed by atoms with Crippen molar-refractivity contribution < 1.29 is 57.1 Å². The van der Waals surface area contributed by atoms with Gasteiger partial charge in [-0.15, -0.1) is 0 Å². The smallest absolute Gasteiger partial charge is 0.317 e. The fourth-order valence-electron chi connectivity index (χ4n) is 22.2. The molecule has 19 heteroatoms. The van der Waals surface area contributed by atoms with Gasteiger partial charge in [-0.1, -0.05) is 226 Å². The van der Waals surface area contributed by atoms with Gasteiger partial charge in [0.15, 0.2) is 39.4 Å². The fraction of sp³-hybridized carbons (Fsp3) is 0.358. The van der Waals surface area contributed by atoms with Gasteiger partial charge in [0.25, 0.3) is 5.56 Å². The number of ketones is 2. The van der Waals surface area contributed by atoms with E-state index >= 15 is 9.59 Å². The van der Waals surface area contributed by atoms with E-state index in [2.05, 4.69) is 138 Å². The quantitative estimate of drug-likeness (QED) is 0.0411. The van der Waals surface area contributed by atoms with Crippen LogP contribution in [0.3, 0.4) is 0 Å². The Bertz CT molecular complexity index is 5880. The Hall–Kier alpha value is -11.7. The van der Waals surface area contributed by atoms with Crippen LogP contribution in [0.15, 0.2) is 235 Å². The molecule has 125 heavy (non-hydrogen) atoms. The Kier molecular flexibility index (Phi) is 24.3. The van der Waals surface area contributed by atoms with Crippen molar-refractivity contribution in [1.29, 1.82) is 0 Å². The lowest BCUT2D eigenvalue weighted by Crippen LogP contribution is -2.60. The number of aromatic amines is 1. The van der Waals surface area contributed by atoms with Gasteiger partial charge in [-0.25, -0.2) is 4.98 Å². The molecule has 10 aromatic carbocycles. The summed E-state index contributed by atoms with van der Waals surface area (Å²) in [5.41, 5.74) is 11.6. The van der Waals surface area contributed by atoms with Crippen LogP contribution in [0.4, 0.5) is 0 Å². The number of aryl methyl sites for hydroxylation is 8. The van der Waals surface area contributed by atoms with E-state index in [1.165, 1.54) is 19.8 Å². The van der Waals surface area contributed by atoms with Crippen LogP contribution >= 0.6 is 0 Å². The monoisotopic (exact) mass is 1680 g/mol. The highest BCUT2D eigenvalue weighted by atomic mass is 16.5. The molecule has 19 nitrogen and oxygen atoms in total. The van der Waals surface area contributed by atoms with E-state index in [1.807, 2.05) is 180 Å². The molecule has 4 N–H and O–H groups in total. The zero-order valence-corrected chi connectivity index (χ0v) is 72.8. The summed E-state index contributed by atoms with van der Waals surface area (Å²) < 4.78 is 49.1. The van der Waals surface area contributed by atoms with Gasteiger partial charge in [-0.3, -0.25) is 44.8 Å². The number of aromatic nitrogens is 2. The van der Waals surface area contributed by atoms with Crippen molar-refractivity contribution in [3.8, 4) is 34.4 Å². The molecule has 19 rings (SSSR count). The maximum absolute atomic E-state index is 15.2. The molecule has 1 aromatic heterocycles. The molecule has 0 amide bonds. The van der Waals surface area contributed by atoms with Gasteiger partial charge in [0.1, 0.15) is 46.2 Å². The number of rotatable bonds is 20. The summed E-state index contributed by atoms with van der Waals surface area (Å²) in [5, 5.41) is 11.6. The molecule has 0 unspecified atom stereocenters. The number of morpholine rings is 1. The van der Waals surface area contributed by atoms with Crippen LogP contribution in [0.1, 0.15) is 157 Å². The molecular formula is C106H114N6O13. The zero-order chi connectivity index (χ0) is 86.6. The molecule has 0 spiro atoms. The Morgan fingerprint density at radius 2 is 0.880 bits per heavy atom. The van der Waals surface area contributed by atoms with Crippen molar-refractivity contribution in [3.05, 3.63) is 347 Å². The van der Waals surface area contributed by atoms with Crippen molar-refractivity contribution in [3.63, 3.8) is 0 Å². The number of H-pyrrole nitrogens is 1. The van der Waals surface area contributed by atoms with Crippen molar-refractivity contribution in [2.45, 2.75) is 140 Å². The summed E-state index contributed by atoms with van der Waals surface area (Å²) in [6, 6.07) is 76.8. The largest absolute Gasteiger partial charge is 0.497 e. The number of hydrogen-bond acceptors (Lipinski definition) is 18. The first-order valence-corrected chi connectivity index (χ1v) is 43.5. The van der Waals surface area contributed by atoms with Crippen LogP contribution in [0.2, 0.25) is 0 Å². The van der Waals surface area contributed by atoms with Crippen molar-refractivity contribution in [2.24, 2.45) is 17.8 Å². The van der Waals surface area contributed by atoms with E-state index in [-0.39, 0.29) is 24.6 Å². The number of nitrogens with one attached hydrogen (secondary N) is 4. The Balaban J connectivity index is 0.000000138. The minimum absolute atomic E-state index is 0. The van der Waals surface area contributed by atoms with Crippen LogP contribution in [0.5, 0.6) is 23.0 Å². The van der Waals surface area contributed by atoms with Crippen molar-refractivity contribution in [1.82, 2.24) is 30.8 Å². The molecule has 0 bridgehead atoms. The number of nitrogens with zero attached hydrogens (tertiary/aromatic N) is 2. The molecule has 11 aromatic rings. The number of fused-ring (bicyclic) bond motifs is 11. The normalized spacial score (nSPS) is 25.2. The SMILES string of the molecule is C.CCCN[C@@]12c3nc(-c4ccccc4)[nH]c(=O)c3[C@@H](c3ccccc3)[C@]1(c1ccc(C)cc1)Oc1cc(C)cc(C)c12.COC(=O)[C@H]1C(=O)[C@@]2(NCC3CCOCC3)c3c(C)cc(C)cc3O[C@@]2(c2ccc(C)cc2)[C@@H]1c1ccccc1.COC(=O)[C@H]1C(=O)[C@@]2(NCCN3CCOCC3)c3c(C)cc(C)cc3O[C@@]2(c2ccc(OC)cc2)[C@@H]1c1ccccc1. The number of benzene rings is 10. The minimum Gasteiger partial charge on any atom is -0.497 e. The highest BCUT2D eigenvalue weighted by molar-refractivity contribution is 6.12. The number of ether oxygens (including phenoxy) is 8. The van der Waals surface area contributed by atoms with E-state index in [1.54, 1.807) is 7.11 Å². The van der Waals surface area contributed by atoms with Gasteiger partial charge in [-0.05, 0) is 191 Å². The first-order chi connectivity index (χ1) is 60.1. The average Bonchev–Trinajstić information content (AvgIpc) is 1.49. The highest BCUT2D eigenvalue weighted by Gasteiger charge is 2.81. The number of carbonyl (C=O) groups excluding carboxylic acids is 4. The number of methoxy groups -OCH3 is 3. The summed E-state index contributed by atoms with van der Waals surface area (Å²) in [6.07, 6.45) is 2.74. The Morgan fingerprint density at radius 3 is 1.34 bits per heavy atom. The summed E-state index contributed by atoms with van der Waals surface area (Å²) in [4.78, 5) is 82.9. The summed E-state index contributed by atoms with van der Waals surface area (Å²) in [7, 11) is 4.32. The van der Waals surface area contributed by atoms with E-state index in [9.17, 15) is 14.4 Å². The first-order valence-electron chi connectivity index (χ1n) is 43.5. The molecule has 2 saturated carbocycles. The molecule has 2 saturated heterocycles. The van der Waals surface area contributed by atoms with Crippen molar-refractivity contribution >= 4 is 23.5 Å². The van der Waals surface area contributed by atoms with Crippen LogP contribution in [0.25, 0.3) is 11.4 Å².